The fourth-order valence-corrected chi connectivity index (χ4v) is 5.33. The summed E-state index contributed by atoms with van der Waals surface area (Å²) in [6.07, 6.45) is 12.5. The number of halogens is 1. The van der Waals surface area contributed by atoms with Crippen molar-refractivity contribution in [1.82, 2.24) is 0 Å². The van der Waals surface area contributed by atoms with E-state index in [4.69, 9.17) is 5.26 Å². The van der Waals surface area contributed by atoms with Crippen LogP contribution in [0.15, 0.2) is 30.3 Å². The lowest BCUT2D eigenvalue weighted by atomic mass is 9.73. The van der Waals surface area contributed by atoms with Crippen molar-refractivity contribution in [1.29, 1.82) is 5.26 Å². The van der Waals surface area contributed by atoms with Crippen LogP contribution in [0.3, 0.4) is 0 Å². The molecule has 2 aromatic rings. The summed E-state index contributed by atoms with van der Waals surface area (Å²) in [5.74, 6) is 0.846. The molecule has 0 N–H and O–H groups in total. The Balaban J connectivity index is 1.49. The van der Waals surface area contributed by atoms with Crippen molar-refractivity contribution < 1.29 is 4.39 Å². The zero-order chi connectivity index (χ0) is 19.5. The molecule has 0 aromatic heterocycles. The number of benzene rings is 2. The fraction of sp³-hybridized carbons (Fsp3) is 0.500. The van der Waals surface area contributed by atoms with Gasteiger partial charge >= 0.3 is 0 Å². The fourth-order valence-electron chi connectivity index (χ4n) is 5.33. The largest absolute Gasteiger partial charge is 0.206 e. The summed E-state index contributed by atoms with van der Waals surface area (Å²) in [5.41, 5.74) is 7.46. The Labute approximate surface area is 168 Å². The summed E-state index contributed by atoms with van der Waals surface area (Å²) in [7, 11) is 0. The van der Waals surface area contributed by atoms with E-state index in [9.17, 15) is 4.39 Å². The van der Waals surface area contributed by atoms with E-state index in [1.54, 1.807) is 28.8 Å². The molecule has 2 aliphatic carbocycles. The SMILES string of the molecule is CCCCCC1CCc2c(ccc3c2CCC(c2ccc(C#N)c(F)c2)C3)C1. The maximum absolute atomic E-state index is 14.1. The molecule has 0 saturated heterocycles. The van der Waals surface area contributed by atoms with Gasteiger partial charge in [0.05, 0.1) is 5.56 Å². The normalized spacial score (nSPS) is 20.9. The molecule has 0 amide bonds. The molecule has 28 heavy (non-hydrogen) atoms. The molecule has 0 bridgehead atoms. The number of fused-ring (bicyclic) bond motifs is 3. The van der Waals surface area contributed by atoms with Crippen molar-refractivity contribution in [3.8, 4) is 6.07 Å². The Hall–Kier alpha value is -2.14. The Morgan fingerprint density at radius 2 is 1.75 bits per heavy atom. The van der Waals surface area contributed by atoms with Crippen LogP contribution in [0.1, 0.15) is 84.7 Å². The quantitative estimate of drug-likeness (QED) is 0.536. The molecule has 2 atom stereocenters. The van der Waals surface area contributed by atoms with Crippen LogP contribution in [-0.4, -0.2) is 0 Å². The van der Waals surface area contributed by atoms with E-state index < -0.39 is 0 Å². The van der Waals surface area contributed by atoms with Gasteiger partial charge in [0.15, 0.2) is 0 Å². The van der Waals surface area contributed by atoms with Gasteiger partial charge < -0.3 is 0 Å². The Kier molecular flexibility index (Phi) is 5.81. The van der Waals surface area contributed by atoms with E-state index in [0.717, 1.165) is 30.7 Å². The summed E-state index contributed by atoms with van der Waals surface area (Å²) in [6.45, 7) is 2.28. The predicted molar refractivity (Wildman–Crippen MR) is 112 cm³/mol. The van der Waals surface area contributed by atoms with Crippen LogP contribution in [0.2, 0.25) is 0 Å². The Morgan fingerprint density at radius 3 is 2.46 bits per heavy atom. The minimum atomic E-state index is -0.384. The topological polar surface area (TPSA) is 23.8 Å². The second-order valence-corrected chi connectivity index (χ2v) is 8.74. The molecule has 2 heteroatoms. The summed E-state index contributed by atoms with van der Waals surface area (Å²) in [6, 6.07) is 11.8. The van der Waals surface area contributed by atoms with Gasteiger partial charge in [0.25, 0.3) is 0 Å². The highest BCUT2D eigenvalue weighted by atomic mass is 19.1. The van der Waals surface area contributed by atoms with Gasteiger partial charge in [-0.3, -0.25) is 0 Å². The molecular formula is C26H30FN. The number of unbranched alkanes of at least 4 members (excludes halogenated alkanes) is 2. The zero-order valence-electron chi connectivity index (χ0n) is 16.9. The van der Waals surface area contributed by atoms with Crippen LogP contribution in [0, 0.1) is 23.1 Å². The number of hydrogen-bond acceptors (Lipinski definition) is 1. The number of nitriles is 1. The van der Waals surface area contributed by atoms with Gasteiger partial charge in [-0.05, 0) is 90.3 Å². The summed E-state index contributed by atoms with van der Waals surface area (Å²) in [5, 5.41) is 8.95. The van der Waals surface area contributed by atoms with Gasteiger partial charge in [-0.25, -0.2) is 4.39 Å². The Morgan fingerprint density at radius 1 is 1.00 bits per heavy atom. The predicted octanol–water partition coefficient (Wildman–Crippen LogP) is 6.66. The van der Waals surface area contributed by atoms with Crippen molar-refractivity contribution in [2.45, 2.75) is 77.0 Å². The highest BCUT2D eigenvalue weighted by Gasteiger charge is 2.27. The first-order valence-electron chi connectivity index (χ1n) is 11.0. The van der Waals surface area contributed by atoms with Crippen molar-refractivity contribution in [2.75, 3.05) is 0 Å². The number of nitrogens with zero attached hydrogens (tertiary/aromatic N) is 1. The summed E-state index contributed by atoms with van der Waals surface area (Å²) in [4.78, 5) is 0. The molecule has 0 saturated carbocycles. The molecular weight excluding hydrogens is 345 g/mol. The van der Waals surface area contributed by atoms with E-state index in [-0.39, 0.29) is 11.4 Å². The summed E-state index contributed by atoms with van der Waals surface area (Å²) >= 11 is 0. The smallest absolute Gasteiger partial charge is 0.141 e. The number of hydrogen-bond donors (Lipinski definition) is 0. The first-order valence-corrected chi connectivity index (χ1v) is 11.0. The standard InChI is InChI=1S/C26H30FN/c1-2-3-4-5-18-6-12-24-21(14-18)8-9-22-15-19(11-13-25(22)24)20-7-10-23(17-28)26(27)16-20/h7-10,16,18-19H,2-6,11-15H2,1H3. The molecule has 0 heterocycles. The monoisotopic (exact) mass is 375 g/mol. The molecule has 2 aromatic carbocycles. The molecule has 0 radical (unpaired) electrons. The van der Waals surface area contributed by atoms with Gasteiger partial charge in [-0.1, -0.05) is 50.8 Å². The van der Waals surface area contributed by atoms with E-state index in [1.165, 1.54) is 50.5 Å². The molecule has 0 spiro atoms. The third kappa shape index (κ3) is 3.86. The minimum Gasteiger partial charge on any atom is -0.206 e. The molecule has 1 nitrogen and oxygen atoms in total. The maximum Gasteiger partial charge on any atom is 0.141 e. The van der Waals surface area contributed by atoms with Crippen molar-refractivity contribution >= 4 is 0 Å². The second kappa shape index (κ2) is 8.48. The van der Waals surface area contributed by atoms with Gasteiger partial charge in [0, 0.05) is 0 Å². The van der Waals surface area contributed by atoms with Gasteiger partial charge in [0.2, 0.25) is 0 Å². The lowest BCUT2D eigenvalue weighted by Crippen LogP contribution is -2.20. The first kappa shape index (κ1) is 19.2. The highest BCUT2D eigenvalue weighted by Crippen LogP contribution is 2.39. The lowest BCUT2D eigenvalue weighted by molar-refractivity contribution is 0.406. The van der Waals surface area contributed by atoms with Crippen LogP contribution >= 0.6 is 0 Å². The highest BCUT2D eigenvalue weighted by molar-refractivity contribution is 5.46. The molecule has 0 fully saturated rings. The van der Waals surface area contributed by atoms with E-state index in [0.29, 0.717) is 5.92 Å². The third-order valence-electron chi connectivity index (χ3n) is 6.95. The van der Waals surface area contributed by atoms with Crippen LogP contribution in [0.5, 0.6) is 0 Å². The lowest BCUT2D eigenvalue weighted by Gasteiger charge is -2.32. The molecule has 4 rings (SSSR count). The van der Waals surface area contributed by atoms with Crippen molar-refractivity contribution in [3.05, 3.63) is 69.5 Å². The molecule has 2 unspecified atom stereocenters. The van der Waals surface area contributed by atoms with Gasteiger partial charge in [-0.15, -0.1) is 0 Å². The van der Waals surface area contributed by atoms with Crippen molar-refractivity contribution in [2.24, 2.45) is 5.92 Å². The molecule has 2 aliphatic rings. The van der Waals surface area contributed by atoms with E-state index in [2.05, 4.69) is 19.1 Å². The van der Waals surface area contributed by atoms with E-state index >= 15 is 0 Å². The first-order chi connectivity index (χ1) is 13.7. The third-order valence-corrected chi connectivity index (χ3v) is 6.95. The summed E-state index contributed by atoms with van der Waals surface area (Å²) < 4.78 is 14.1. The van der Waals surface area contributed by atoms with E-state index in [1.807, 2.05) is 12.1 Å². The van der Waals surface area contributed by atoms with Crippen LogP contribution < -0.4 is 0 Å². The van der Waals surface area contributed by atoms with Crippen LogP contribution in [-0.2, 0) is 25.7 Å². The van der Waals surface area contributed by atoms with Crippen LogP contribution in [0.4, 0.5) is 4.39 Å². The average molecular weight is 376 g/mol. The minimum absolute atomic E-state index is 0.141. The molecule has 0 aliphatic heterocycles. The van der Waals surface area contributed by atoms with Gasteiger partial charge in [-0.2, -0.15) is 5.26 Å². The van der Waals surface area contributed by atoms with Crippen molar-refractivity contribution in [3.63, 3.8) is 0 Å². The molecule has 146 valence electrons. The maximum atomic E-state index is 14.1. The second-order valence-electron chi connectivity index (χ2n) is 8.74. The van der Waals surface area contributed by atoms with Gasteiger partial charge in [0.1, 0.15) is 11.9 Å². The average Bonchev–Trinajstić information content (AvgIpc) is 2.73. The zero-order valence-corrected chi connectivity index (χ0v) is 16.9. The number of rotatable bonds is 5. The van der Waals surface area contributed by atoms with Crippen LogP contribution in [0.25, 0.3) is 0 Å². The Bertz CT molecular complexity index is 892.